The van der Waals surface area contributed by atoms with E-state index in [2.05, 4.69) is 5.32 Å². The van der Waals surface area contributed by atoms with E-state index >= 15 is 0 Å². The van der Waals surface area contributed by atoms with Crippen LogP contribution < -0.4 is 24.8 Å². The molecule has 2 N–H and O–H groups in total. The fraction of sp³-hybridized carbons (Fsp3) is 0.235. The van der Waals surface area contributed by atoms with Gasteiger partial charge in [-0.15, -0.1) is 0 Å². The lowest BCUT2D eigenvalue weighted by atomic mass is 10.3. The highest BCUT2D eigenvalue weighted by molar-refractivity contribution is 6.30. The van der Waals surface area contributed by atoms with E-state index in [1.54, 1.807) is 30.4 Å². The number of ether oxygens (including phenoxy) is 3. The number of fused-ring (bicyclic) bond motifs is 1. The molecule has 2 amide bonds. The number of urea groups is 1. The van der Waals surface area contributed by atoms with Crippen LogP contribution in [0.3, 0.4) is 0 Å². The topological polar surface area (TPSA) is 68.8 Å². The Kier molecular flexibility index (Phi) is 4.97. The van der Waals surface area contributed by atoms with E-state index in [1.165, 1.54) is 18.2 Å². The van der Waals surface area contributed by atoms with Crippen molar-refractivity contribution >= 4 is 23.3 Å². The van der Waals surface area contributed by atoms with Crippen molar-refractivity contribution in [1.82, 2.24) is 5.32 Å². The summed E-state index contributed by atoms with van der Waals surface area (Å²) < 4.78 is 56.0. The lowest BCUT2D eigenvalue weighted by Crippen LogP contribution is -2.65. The van der Waals surface area contributed by atoms with E-state index in [4.69, 9.17) is 25.8 Å². The quantitative estimate of drug-likeness (QED) is 0.787. The molecule has 1 heterocycles. The summed E-state index contributed by atoms with van der Waals surface area (Å²) in [6.45, 7) is 2.05. The van der Waals surface area contributed by atoms with Gasteiger partial charge >= 0.3 is 18.1 Å². The molecule has 1 unspecified atom stereocenters. The normalized spacial score (nSPS) is 18.1. The molecule has 0 radical (unpaired) electrons. The molecule has 2 aromatic carbocycles. The third-order valence-electron chi connectivity index (χ3n) is 3.50. The van der Waals surface area contributed by atoms with Crippen LogP contribution in [0.2, 0.25) is 5.02 Å². The maximum Gasteiger partial charge on any atom is 0.492 e. The first-order valence-corrected chi connectivity index (χ1v) is 8.17. The number of alkyl halides is 3. The molecule has 10 heteroatoms. The Morgan fingerprint density at radius 1 is 1.19 bits per heavy atom. The van der Waals surface area contributed by atoms with Gasteiger partial charge in [-0.3, -0.25) is 5.32 Å². The SMILES string of the molecule is CCOc1ccccc1NC(=O)NC1(C(F)(F)F)Oc2ccc(Cl)cc2O1. The maximum absolute atomic E-state index is 13.6. The molecule has 144 valence electrons. The van der Waals surface area contributed by atoms with Crippen LogP contribution in [0.15, 0.2) is 42.5 Å². The fourth-order valence-corrected chi connectivity index (χ4v) is 2.53. The van der Waals surface area contributed by atoms with Gasteiger partial charge in [0.15, 0.2) is 11.5 Å². The van der Waals surface area contributed by atoms with Crippen molar-refractivity contribution in [3.8, 4) is 17.2 Å². The third-order valence-corrected chi connectivity index (χ3v) is 3.73. The highest BCUT2D eigenvalue weighted by Crippen LogP contribution is 2.46. The minimum Gasteiger partial charge on any atom is -0.492 e. The van der Waals surface area contributed by atoms with E-state index in [0.29, 0.717) is 12.4 Å². The first kappa shape index (κ1) is 19.0. The first-order chi connectivity index (χ1) is 12.7. The van der Waals surface area contributed by atoms with Crippen molar-refractivity contribution in [1.29, 1.82) is 0 Å². The zero-order valence-electron chi connectivity index (χ0n) is 13.9. The van der Waals surface area contributed by atoms with Gasteiger partial charge in [-0.25, -0.2) is 4.79 Å². The fourth-order valence-electron chi connectivity index (χ4n) is 2.37. The minimum absolute atomic E-state index is 0.158. The molecule has 1 aliphatic heterocycles. The van der Waals surface area contributed by atoms with Crippen molar-refractivity contribution in [2.75, 3.05) is 11.9 Å². The Morgan fingerprint density at radius 2 is 1.89 bits per heavy atom. The zero-order chi connectivity index (χ0) is 19.7. The Balaban J connectivity index is 1.82. The van der Waals surface area contributed by atoms with Crippen LogP contribution in [0.5, 0.6) is 17.2 Å². The summed E-state index contributed by atoms with van der Waals surface area (Å²) in [7, 11) is 0. The Hall–Kier alpha value is -2.81. The molecule has 0 spiro atoms. The standard InChI is InChI=1S/C17H14ClF3N2O4/c1-2-25-12-6-4-3-5-11(12)22-15(24)23-17(16(19,20)21)26-13-8-7-10(18)9-14(13)27-17/h3-9H,2H2,1H3,(H2,22,23,24). The summed E-state index contributed by atoms with van der Waals surface area (Å²) in [4.78, 5) is 12.2. The van der Waals surface area contributed by atoms with E-state index in [9.17, 15) is 18.0 Å². The predicted octanol–water partition coefficient (Wildman–Crippen LogP) is 4.55. The van der Waals surface area contributed by atoms with Gasteiger partial charge in [0.2, 0.25) is 0 Å². The van der Waals surface area contributed by atoms with Crippen LogP contribution in [0.4, 0.5) is 23.7 Å². The molecule has 0 saturated heterocycles. The predicted molar refractivity (Wildman–Crippen MR) is 91.3 cm³/mol. The molecule has 0 bridgehead atoms. The number of amides is 2. The Morgan fingerprint density at radius 3 is 2.59 bits per heavy atom. The average molecular weight is 403 g/mol. The van der Waals surface area contributed by atoms with E-state index in [-0.39, 0.29) is 22.2 Å². The number of carbonyl (C=O) groups excluding carboxylic acids is 1. The van der Waals surface area contributed by atoms with Gasteiger partial charge in [0.1, 0.15) is 5.75 Å². The van der Waals surface area contributed by atoms with Crippen molar-refractivity contribution in [2.45, 2.75) is 19.0 Å². The second-order valence-corrected chi connectivity index (χ2v) is 5.85. The van der Waals surface area contributed by atoms with Gasteiger partial charge in [-0.2, -0.15) is 13.2 Å². The number of carbonyl (C=O) groups is 1. The molecule has 1 atom stereocenters. The molecule has 0 saturated carbocycles. The number of benzene rings is 2. The largest absolute Gasteiger partial charge is 0.492 e. The van der Waals surface area contributed by atoms with Crippen molar-refractivity contribution in [3.05, 3.63) is 47.5 Å². The number of rotatable bonds is 4. The van der Waals surface area contributed by atoms with Crippen LogP contribution in [0.1, 0.15) is 6.92 Å². The summed E-state index contributed by atoms with van der Waals surface area (Å²) in [5, 5.41) is 4.15. The lowest BCUT2D eigenvalue weighted by Gasteiger charge is -2.29. The van der Waals surface area contributed by atoms with E-state index in [0.717, 1.165) is 6.07 Å². The second-order valence-electron chi connectivity index (χ2n) is 5.42. The summed E-state index contributed by atoms with van der Waals surface area (Å²) in [5.41, 5.74) is 0.188. The van der Waals surface area contributed by atoms with Crippen LogP contribution in [-0.4, -0.2) is 24.7 Å². The highest BCUT2D eigenvalue weighted by atomic mass is 35.5. The van der Waals surface area contributed by atoms with Gasteiger partial charge in [0.25, 0.3) is 0 Å². The number of para-hydroxylation sites is 2. The zero-order valence-corrected chi connectivity index (χ0v) is 14.6. The molecule has 6 nitrogen and oxygen atoms in total. The van der Waals surface area contributed by atoms with Crippen LogP contribution in [0.25, 0.3) is 0 Å². The Labute approximate surface area is 157 Å². The number of halogens is 4. The molecule has 0 fully saturated rings. The van der Waals surface area contributed by atoms with Crippen molar-refractivity contribution < 1.29 is 32.2 Å². The monoisotopic (exact) mass is 402 g/mol. The molecule has 2 aromatic rings. The van der Waals surface area contributed by atoms with E-state index in [1.807, 2.05) is 0 Å². The van der Waals surface area contributed by atoms with Crippen molar-refractivity contribution in [3.63, 3.8) is 0 Å². The maximum atomic E-state index is 13.6. The number of hydrogen-bond donors (Lipinski definition) is 2. The molecule has 0 aliphatic carbocycles. The van der Waals surface area contributed by atoms with Crippen molar-refractivity contribution in [2.24, 2.45) is 0 Å². The van der Waals surface area contributed by atoms with Crippen LogP contribution >= 0.6 is 11.6 Å². The van der Waals surface area contributed by atoms with Gasteiger partial charge in [-0.1, -0.05) is 23.7 Å². The molecule has 27 heavy (non-hydrogen) atoms. The molecule has 0 aromatic heterocycles. The van der Waals surface area contributed by atoms with Gasteiger partial charge < -0.3 is 19.5 Å². The number of nitrogens with one attached hydrogen (secondary N) is 2. The average Bonchev–Trinajstić information content (AvgIpc) is 2.95. The summed E-state index contributed by atoms with van der Waals surface area (Å²) in [5.74, 6) is -3.52. The second kappa shape index (κ2) is 7.07. The van der Waals surface area contributed by atoms with Crippen LogP contribution in [-0.2, 0) is 0 Å². The van der Waals surface area contributed by atoms with Gasteiger partial charge in [0.05, 0.1) is 12.3 Å². The molecule has 1 aliphatic rings. The molecular formula is C17H14ClF3N2O4. The molecule has 3 rings (SSSR count). The smallest absolute Gasteiger partial charge is 0.492 e. The number of hydrogen-bond acceptors (Lipinski definition) is 4. The summed E-state index contributed by atoms with van der Waals surface area (Å²) in [6, 6.07) is 8.83. The van der Waals surface area contributed by atoms with E-state index < -0.39 is 18.1 Å². The summed E-state index contributed by atoms with van der Waals surface area (Å²) in [6.07, 6.45) is -5.07. The number of anilines is 1. The van der Waals surface area contributed by atoms with Gasteiger partial charge in [0, 0.05) is 11.1 Å². The first-order valence-electron chi connectivity index (χ1n) is 7.79. The van der Waals surface area contributed by atoms with Gasteiger partial charge in [-0.05, 0) is 31.2 Å². The highest BCUT2D eigenvalue weighted by Gasteiger charge is 2.65. The lowest BCUT2D eigenvalue weighted by molar-refractivity contribution is -0.317. The van der Waals surface area contributed by atoms with Crippen LogP contribution in [0, 0.1) is 0 Å². The Bertz CT molecular complexity index is 862. The minimum atomic E-state index is -5.07. The molecular weight excluding hydrogens is 389 g/mol. The third kappa shape index (κ3) is 3.82. The summed E-state index contributed by atoms with van der Waals surface area (Å²) >= 11 is 5.76.